The standard InChI is InChI=1S/C30H26ClF3N8O2/c1-17-8-9-21(37-29(43)36-20-10-11-23(31)22(13-20)30(32,33)34)14-24(17)38-28-35-15-25(44-16-19-6-4-3-5-7-19)27(40-28)39-26-12-18(2)41-42-26/h3-15H,16H2,1-2H3,(H2,36,37,43)(H3,35,38,39,40,41,42). The number of nitrogens with zero attached hydrogens (tertiary/aromatic N) is 3. The number of rotatable bonds is 9. The van der Waals surface area contributed by atoms with Crippen LogP contribution in [0.25, 0.3) is 0 Å². The molecule has 0 unspecified atom stereocenters. The third kappa shape index (κ3) is 7.75. The molecule has 0 fully saturated rings. The zero-order valence-corrected chi connectivity index (χ0v) is 24.1. The Balaban J connectivity index is 1.32. The highest BCUT2D eigenvalue weighted by Gasteiger charge is 2.33. The highest BCUT2D eigenvalue weighted by molar-refractivity contribution is 6.31. The van der Waals surface area contributed by atoms with Gasteiger partial charge in [0.25, 0.3) is 0 Å². The summed E-state index contributed by atoms with van der Waals surface area (Å²) in [5.74, 6) is 1.54. The van der Waals surface area contributed by atoms with Crippen molar-refractivity contribution >= 4 is 52.3 Å². The van der Waals surface area contributed by atoms with E-state index in [2.05, 4.69) is 41.4 Å². The van der Waals surface area contributed by atoms with Crippen LogP contribution in [0.1, 0.15) is 22.4 Å². The Kier molecular flexibility index (Phi) is 8.86. The molecule has 0 aliphatic rings. The maximum atomic E-state index is 13.2. The Labute approximate surface area is 255 Å². The van der Waals surface area contributed by atoms with Crippen LogP contribution in [0.15, 0.2) is 79.0 Å². The van der Waals surface area contributed by atoms with Crippen LogP contribution in [0.2, 0.25) is 5.02 Å². The van der Waals surface area contributed by atoms with Crippen molar-refractivity contribution in [2.24, 2.45) is 0 Å². The van der Waals surface area contributed by atoms with Gasteiger partial charge < -0.3 is 26.0 Å². The summed E-state index contributed by atoms with van der Waals surface area (Å²) in [6, 6.07) is 18.9. The van der Waals surface area contributed by atoms with Crippen molar-refractivity contribution in [2.45, 2.75) is 26.6 Å². The van der Waals surface area contributed by atoms with Crippen LogP contribution in [-0.2, 0) is 12.8 Å². The second-order valence-electron chi connectivity index (χ2n) is 9.67. The maximum absolute atomic E-state index is 13.2. The number of halogens is 4. The Hall–Kier alpha value is -5.30. The average molecular weight is 623 g/mol. The fourth-order valence-electron chi connectivity index (χ4n) is 4.03. The molecule has 44 heavy (non-hydrogen) atoms. The molecule has 2 heterocycles. The number of anilines is 6. The molecule has 5 aromatic rings. The largest absolute Gasteiger partial charge is 0.483 e. The van der Waals surface area contributed by atoms with E-state index < -0.39 is 22.8 Å². The number of aromatic nitrogens is 4. The van der Waals surface area contributed by atoms with Crippen molar-refractivity contribution in [2.75, 3.05) is 21.3 Å². The minimum Gasteiger partial charge on any atom is -0.483 e. The molecular weight excluding hydrogens is 597 g/mol. The van der Waals surface area contributed by atoms with Crippen molar-refractivity contribution in [3.8, 4) is 5.75 Å². The van der Waals surface area contributed by atoms with Crippen molar-refractivity contribution in [1.29, 1.82) is 0 Å². The number of alkyl halides is 3. The number of amides is 2. The minimum absolute atomic E-state index is 0.0696. The molecule has 5 rings (SSSR count). The summed E-state index contributed by atoms with van der Waals surface area (Å²) in [5, 5.41) is 17.9. The third-order valence-electron chi connectivity index (χ3n) is 6.22. The van der Waals surface area contributed by atoms with Crippen molar-refractivity contribution in [1.82, 2.24) is 20.2 Å². The number of aryl methyl sites for hydroxylation is 2. The lowest BCUT2D eigenvalue weighted by Crippen LogP contribution is -2.20. The monoisotopic (exact) mass is 622 g/mol. The number of hydrogen-bond acceptors (Lipinski definition) is 7. The van der Waals surface area contributed by atoms with Gasteiger partial charge in [0.2, 0.25) is 5.95 Å². The molecule has 3 aromatic carbocycles. The van der Waals surface area contributed by atoms with Gasteiger partial charge in [-0.3, -0.25) is 5.10 Å². The van der Waals surface area contributed by atoms with Crippen molar-refractivity contribution < 1.29 is 22.7 Å². The van der Waals surface area contributed by atoms with E-state index in [4.69, 9.17) is 16.3 Å². The Morgan fingerprint density at radius 3 is 2.39 bits per heavy atom. The number of H-pyrrole nitrogens is 1. The van der Waals surface area contributed by atoms with Crippen molar-refractivity contribution in [3.05, 3.63) is 106 Å². The van der Waals surface area contributed by atoms with E-state index >= 15 is 0 Å². The van der Waals surface area contributed by atoms with Crippen LogP contribution in [0.5, 0.6) is 5.75 Å². The molecule has 0 bridgehead atoms. The van der Waals surface area contributed by atoms with E-state index in [0.717, 1.165) is 29.0 Å². The molecule has 0 aliphatic heterocycles. The van der Waals surface area contributed by atoms with Crippen LogP contribution >= 0.6 is 11.6 Å². The Morgan fingerprint density at radius 1 is 0.955 bits per heavy atom. The molecular formula is C30H26ClF3N8O2. The molecule has 2 amide bonds. The first-order chi connectivity index (χ1) is 21.0. The number of nitrogens with one attached hydrogen (secondary N) is 5. The zero-order valence-electron chi connectivity index (χ0n) is 23.4. The summed E-state index contributed by atoms with van der Waals surface area (Å²) < 4.78 is 45.6. The van der Waals surface area contributed by atoms with Gasteiger partial charge in [-0.1, -0.05) is 48.0 Å². The topological polar surface area (TPSA) is 129 Å². The highest BCUT2D eigenvalue weighted by Crippen LogP contribution is 2.36. The average Bonchev–Trinajstić information content (AvgIpc) is 3.39. The normalized spacial score (nSPS) is 11.1. The third-order valence-corrected chi connectivity index (χ3v) is 6.55. The van der Waals surface area contributed by atoms with Crippen LogP contribution in [0, 0.1) is 13.8 Å². The van der Waals surface area contributed by atoms with Gasteiger partial charge in [0.05, 0.1) is 16.8 Å². The first-order valence-corrected chi connectivity index (χ1v) is 13.6. The second-order valence-corrected chi connectivity index (χ2v) is 10.1. The van der Waals surface area contributed by atoms with Gasteiger partial charge in [-0.25, -0.2) is 9.78 Å². The van der Waals surface area contributed by atoms with Crippen LogP contribution < -0.4 is 26.0 Å². The van der Waals surface area contributed by atoms with Gasteiger partial charge in [0, 0.05) is 28.8 Å². The van der Waals surface area contributed by atoms with Gasteiger partial charge in [-0.2, -0.15) is 23.3 Å². The van der Waals surface area contributed by atoms with Crippen LogP contribution in [0.4, 0.5) is 52.6 Å². The molecule has 14 heteroatoms. The number of hydrogen-bond donors (Lipinski definition) is 5. The number of aromatic amines is 1. The lowest BCUT2D eigenvalue weighted by Gasteiger charge is -2.15. The Morgan fingerprint density at radius 2 is 1.68 bits per heavy atom. The van der Waals surface area contributed by atoms with Crippen LogP contribution in [0.3, 0.4) is 0 Å². The molecule has 226 valence electrons. The van der Waals surface area contributed by atoms with Crippen LogP contribution in [-0.4, -0.2) is 26.2 Å². The minimum atomic E-state index is -4.66. The molecule has 10 nitrogen and oxygen atoms in total. The molecule has 0 radical (unpaired) electrons. The number of carbonyl (C=O) groups excluding carboxylic acids is 1. The molecule has 0 saturated heterocycles. The molecule has 0 spiro atoms. The lowest BCUT2D eigenvalue weighted by atomic mass is 10.2. The Bertz CT molecular complexity index is 1780. The molecule has 0 aliphatic carbocycles. The van der Waals surface area contributed by atoms with E-state index in [9.17, 15) is 18.0 Å². The number of ether oxygens (including phenoxy) is 1. The van der Waals surface area contributed by atoms with Gasteiger partial charge in [0.1, 0.15) is 6.61 Å². The lowest BCUT2D eigenvalue weighted by molar-refractivity contribution is -0.137. The van der Waals surface area contributed by atoms with Crippen molar-refractivity contribution in [3.63, 3.8) is 0 Å². The first-order valence-electron chi connectivity index (χ1n) is 13.2. The van der Waals surface area contributed by atoms with Gasteiger partial charge >= 0.3 is 12.2 Å². The summed E-state index contributed by atoms with van der Waals surface area (Å²) in [7, 11) is 0. The van der Waals surface area contributed by atoms with Gasteiger partial charge in [-0.15, -0.1) is 0 Å². The van der Waals surface area contributed by atoms with Gasteiger partial charge in [0.15, 0.2) is 17.4 Å². The van der Waals surface area contributed by atoms with E-state index in [1.807, 2.05) is 50.2 Å². The fraction of sp³-hybridized carbons (Fsp3) is 0.133. The van der Waals surface area contributed by atoms with E-state index in [1.165, 1.54) is 12.3 Å². The summed E-state index contributed by atoms with van der Waals surface area (Å²) in [6.45, 7) is 4.02. The summed E-state index contributed by atoms with van der Waals surface area (Å²) >= 11 is 5.67. The highest BCUT2D eigenvalue weighted by atomic mass is 35.5. The molecule has 2 aromatic heterocycles. The first kappa shape index (κ1) is 30.2. The number of carbonyl (C=O) groups is 1. The van der Waals surface area contributed by atoms with E-state index in [0.29, 0.717) is 35.4 Å². The number of urea groups is 1. The second kappa shape index (κ2) is 12.9. The predicted molar refractivity (Wildman–Crippen MR) is 163 cm³/mol. The quantitative estimate of drug-likeness (QED) is 0.112. The van der Waals surface area contributed by atoms with E-state index in [1.54, 1.807) is 18.2 Å². The van der Waals surface area contributed by atoms with E-state index in [-0.39, 0.29) is 11.6 Å². The SMILES string of the molecule is Cc1cc(Nc2nc(Nc3cc(NC(=O)Nc4ccc(Cl)c(C(F)(F)F)c4)ccc3C)ncc2OCc2ccccc2)n[nH]1. The molecule has 0 saturated carbocycles. The fourth-order valence-corrected chi connectivity index (χ4v) is 4.26. The zero-order chi connectivity index (χ0) is 31.3. The summed E-state index contributed by atoms with van der Waals surface area (Å²) in [5.41, 5.74) is 2.46. The summed E-state index contributed by atoms with van der Waals surface area (Å²) in [4.78, 5) is 21.6. The summed E-state index contributed by atoms with van der Waals surface area (Å²) in [6.07, 6.45) is -3.13. The smallest absolute Gasteiger partial charge is 0.417 e. The number of benzene rings is 3. The predicted octanol–water partition coefficient (Wildman–Crippen LogP) is 8.20. The van der Waals surface area contributed by atoms with Gasteiger partial charge in [-0.05, 0) is 55.3 Å². The maximum Gasteiger partial charge on any atom is 0.417 e. The molecule has 0 atom stereocenters. The molecule has 5 N–H and O–H groups in total.